The van der Waals surface area contributed by atoms with Crippen LogP contribution < -0.4 is 0 Å². The first-order chi connectivity index (χ1) is 23.8. The SMILES string of the molecule is c1ccc(-n2c3ccccc3c3cc(-c4c5c(c(-c6cc7c8ccccc8n(-c8ccccc8)c7s6)c6nsnc46)N=S=N5)sc32)cc1. The number of rotatable bonds is 4. The van der Waals surface area contributed by atoms with Crippen molar-refractivity contribution in [1.29, 1.82) is 0 Å². The Hall–Kier alpha value is -5.26. The second-order valence-electron chi connectivity index (χ2n) is 11.7. The van der Waals surface area contributed by atoms with E-state index < -0.39 is 0 Å². The van der Waals surface area contributed by atoms with Crippen LogP contribution in [0.4, 0.5) is 11.4 Å². The van der Waals surface area contributed by atoms with Gasteiger partial charge in [-0.25, -0.2) is 0 Å². The number of benzene rings is 5. The van der Waals surface area contributed by atoms with E-state index in [1.807, 2.05) is 0 Å². The van der Waals surface area contributed by atoms with Gasteiger partial charge in [-0.1, -0.05) is 72.8 Å². The molecule has 5 aromatic carbocycles. The summed E-state index contributed by atoms with van der Waals surface area (Å²) >= 11 is 6.06. The van der Waals surface area contributed by atoms with Gasteiger partial charge in [-0.3, -0.25) is 0 Å². The minimum atomic E-state index is 0.878. The average Bonchev–Trinajstić information content (AvgIpc) is 3.98. The molecular weight excluding hydrogens is 669 g/mol. The molecule has 11 rings (SSSR count). The van der Waals surface area contributed by atoms with Crippen LogP contribution in [0.3, 0.4) is 0 Å². The molecule has 0 aliphatic carbocycles. The average molecular weight is 689 g/mol. The van der Waals surface area contributed by atoms with Crippen LogP contribution >= 0.6 is 34.4 Å². The Labute approximate surface area is 289 Å². The maximum absolute atomic E-state index is 4.93. The Bertz CT molecular complexity index is 2790. The molecule has 226 valence electrons. The number of para-hydroxylation sites is 4. The molecule has 0 spiro atoms. The fourth-order valence-electron chi connectivity index (χ4n) is 7.13. The van der Waals surface area contributed by atoms with Crippen LogP contribution in [-0.4, -0.2) is 17.9 Å². The van der Waals surface area contributed by atoms with Crippen molar-refractivity contribution < 1.29 is 0 Å². The number of aromatic nitrogens is 4. The predicted octanol–water partition coefficient (Wildman–Crippen LogP) is 12.1. The first kappa shape index (κ1) is 26.8. The van der Waals surface area contributed by atoms with Crippen LogP contribution in [0.25, 0.3) is 85.5 Å². The minimum Gasteiger partial charge on any atom is -0.301 e. The van der Waals surface area contributed by atoms with E-state index in [-0.39, 0.29) is 0 Å². The highest BCUT2D eigenvalue weighted by Gasteiger charge is 2.29. The van der Waals surface area contributed by atoms with Gasteiger partial charge in [0.15, 0.2) is 0 Å². The smallest absolute Gasteiger partial charge is 0.116 e. The maximum Gasteiger partial charge on any atom is 0.116 e. The molecule has 0 radical (unpaired) electrons. The first-order valence-corrected chi connectivity index (χ1v) is 18.5. The molecule has 0 amide bonds. The van der Waals surface area contributed by atoms with Crippen molar-refractivity contribution in [2.45, 2.75) is 0 Å². The summed E-state index contributed by atoms with van der Waals surface area (Å²) in [6.45, 7) is 0. The molecule has 6 nitrogen and oxygen atoms in total. The molecule has 0 unspecified atom stereocenters. The van der Waals surface area contributed by atoms with Gasteiger partial charge in [0.05, 0.1) is 34.1 Å². The van der Waals surface area contributed by atoms with E-state index in [4.69, 9.17) is 17.5 Å². The summed E-state index contributed by atoms with van der Waals surface area (Å²) < 4.78 is 24.5. The fraction of sp³-hybridized carbons (Fsp3) is 0. The van der Waals surface area contributed by atoms with E-state index in [1.165, 1.54) is 65.3 Å². The summed E-state index contributed by atoms with van der Waals surface area (Å²) in [7, 11) is 0. The third kappa shape index (κ3) is 3.65. The maximum atomic E-state index is 4.93. The first-order valence-electron chi connectivity index (χ1n) is 15.4. The molecular formula is C38H20N6S4. The van der Waals surface area contributed by atoms with Crippen molar-refractivity contribution in [3.05, 3.63) is 121 Å². The molecule has 0 fully saturated rings. The van der Waals surface area contributed by atoms with Crippen molar-refractivity contribution in [1.82, 2.24) is 17.9 Å². The highest BCUT2D eigenvalue weighted by atomic mass is 32.1. The second kappa shape index (κ2) is 10.1. The third-order valence-electron chi connectivity index (χ3n) is 9.15. The Morgan fingerprint density at radius 3 is 1.38 bits per heavy atom. The lowest BCUT2D eigenvalue weighted by Gasteiger charge is -2.10. The number of hydrogen-bond acceptors (Lipinski definition) is 7. The number of fused-ring (bicyclic) bond motifs is 8. The molecule has 10 aromatic rings. The van der Waals surface area contributed by atoms with Crippen molar-refractivity contribution >= 4 is 110 Å². The van der Waals surface area contributed by atoms with E-state index >= 15 is 0 Å². The predicted molar refractivity (Wildman–Crippen MR) is 204 cm³/mol. The number of hydrogen-bond donors (Lipinski definition) is 0. The van der Waals surface area contributed by atoms with Crippen LogP contribution in [0.2, 0.25) is 0 Å². The Kier molecular flexibility index (Phi) is 5.64. The lowest BCUT2D eigenvalue weighted by atomic mass is 10.0. The Morgan fingerprint density at radius 1 is 0.458 bits per heavy atom. The summed E-state index contributed by atoms with van der Waals surface area (Å²) in [4.78, 5) is 4.64. The molecule has 0 saturated heterocycles. The monoisotopic (exact) mass is 688 g/mol. The summed E-state index contributed by atoms with van der Waals surface area (Å²) in [5.41, 5.74) is 10.2. The molecule has 0 N–H and O–H groups in total. The second-order valence-corrected chi connectivity index (χ2v) is 14.8. The Morgan fingerprint density at radius 2 is 0.896 bits per heavy atom. The van der Waals surface area contributed by atoms with Crippen LogP contribution in [0.5, 0.6) is 0 Å². The summed E-state index contributed by atoms with van der Waals surface area (Å²) in [5.74, 6) is 0. The number of thiophene rings is 2. The van der Waals surface area contributed by atoms with Crippen molar-refractivity contribution in [2.24, 2.45) is 8.73 Å². The van der Waals surface area contributed by atoms with Crippen molar-refractivity contribution in [2.75, 3.05) is 0 Å². The van der Waals surface area contributed by atoms with Gasteiger partial charge < -0.3 is 9.13 Å². The summed E-state index contributed by atoms with van der Waals surface area (Å²) in [5, 5.41) is 4.90. The molecule has 1 aliphatic rings. The van der Waals surface area contributed by atoms with Crippen LogP contribution in [0.1, 0.15) is 0 Å². The van der Waals surface area contributed by atoms with Crippen molar-refractivity contribution in [3.63, 3.8) is 0 Å². The largest absolute Gasteiger partial charge is 0.301 e. The van der Waals surface area contributed by atoms with Gasteiger partial charge in [-0.05, 0) is 48.5 Å². The summed E-state index contributed by atoms with van der Waals surface area (Å²) in [6.07, 6.45) is 0. The molecule has 0 bridgehead atoms. The topological polar surface area (TPSA) is 60.4 Å². The fourth-order valence-corrected chi connectivity index (χ4v) is 10.8. The Balaban J connectivity index is 1.17. The highest BCUT2D eigenvalue weighted by Crippen LogP contribution is 2.56. The quantitative estimate of drug-likeness (QED) is 0.185. The molecule has 0 saturated carbocycles. The zero-order valence-electron chi connectivity index (χ0n) is 24.9. The van der Waals surface area contributed by atoms with Crippen molar-refractivity contribution in [3.8, 4) is 32.3 Å². The van der Waals surface area contributed by atoms with E-state index in [2.05, 4.69) is 130 Å². The van der Waals surface area contributed by atoms with E-state index in [9.17, 15) is 0 Å². The van der Waals surface area contributed by atoms with Crippen LogP contribution in [-0.2, 0) is 11.4 Å². The van der Waals surface area contributed by atoms with Gasteiger partial charge in [0.2, 0.25) is 0 Å². The lowest BCUT2D eigenvalue weighted by Crippen LogP contribution is -1.91. The van der Waals surface area contributed by atoms with Gasteiger partial charge in [0, 0.05) is 53.8 Å². The van der Waals surface area contributed by atoms with E-state index in [0.29, 0.717) is 0 Å². The molecule has 5 aromatic heterocycles. The minimum absolute atomic E-state index is 0.878. The molecule has 10 heteroatoms. The molecule has 6 heterocycles. The molecule has 0 atom stereocenters. The van der Waals surface area contributed by atoms with Gasteiger partial charge in [0.1, 0.15) is 32.1 Å². The number of nitrogens with zero attached hydrogens (tertiary/aromatic N) is 6. The third-order valence-corrected chi connectivity index (χ3v) is 12.5. The van der Waals surface area contributed by atoms with Crippen LogP contribution in [0.15, 0.2) is 130 Å². The van der Waals surface area contributed by atoms with Gasteiger partial charge in [-0.15, -0.1) is 22.7 Å². The summed E-state index contributed by atoms with van der Waals surface area (Å²) in [6, 6.07) is 43.1. The zero-order chi connectivity index (χ0) is 31.3. The van der Waals surface area contributed by atoms with E-state index in [0.717, 1.165) is 54.7 Å². The molecule has 48 heavy (non-hydrogen) atoms. The molecule has 1 aliphatic heterocycles. The van der Waals surface area contributed by atoms with Gasteiger partial charge in [-0.2, -0.15) is 17.5 Å². The lowest BCUT2D eigenvalue weighted by molar-refractivity contribution is 1.19. The zero-order valence-corrected chi connectivity index (χ0v) is 28.1. The normalized spacial score (nSPS) is 12.7. The van der Waals surface area contributed by atoms with Gasteiger partial charge >= 0.3 is 0 Å². The highest BCUT2D eigenvalue weighted by molar-refractivity contribution is 7.58. The standard InChI is InChI=1S/C38H20N6S4/c1-3-11-21(12-4-1)43-27-17-9-7-15-23(27)25-19-29(45-37(25)43)31-33-35(41-47-39-33)32(36-34(31)40-48-42-36)30-20-26-24-16-8-10-18-28(24)44(38(26)46-30)22-13-5-2-6-14-22/h1-20H. The van der Waals surface area contributed by atoms with Crippen LogP contribution in [0, 0.1) is 0 Å². The van der Waals surface area contributed by atoms with Gasteiger partial charge in [0.25, 0.3) is 0 Å². The van der Waals surface area contributed by atoms with E-state index in [1.54, 1.807) is 22.7 Å².